The molecule has 0 radical (unpaired) electrons. The third-order valence-corrected chi connectivity index (χ3v) is 5.42. The Labute approximate surface area is 177 Å². The van der Waals surface area contributed by atoms with E-state index >= 15 is 0 Å². The second-order valence-corrected chi connectivity index (χ2v) is 7.56. The first-order valence-electron chi connectivity index (χ1n) is 10.1. The summed E-state index contributed by atoms with van der Waals surface area (Å²) in [7, 11) is 0. The number of carbonyl (C=O) groups excluding carboxylic acids is 2. The largest absolute Gasteiger partial charge is 0.503 e. The summed E-state index contributed by atoms with van der Waals surface area (Å²) in [6.07, 6.45) is 5.77. The van der Waals surface area contributed by atoms with Crippen molar-refractivity contribution in [2.24, 2.45) is 0 Å². The Morgan fingerprint density at radius 2 is 2.06 bits per heavy atom. The highest BCUT2D eigenvalue weighted by Crippen LogP contribution is 2.21. The number of carbonyl (C=O) groups is 2. The monoisotopic (exact) mass is 434 g/mol. The van der Waals surface area contributed by atoms with Crippen LogP contribution in [0.1, 0.15) is 65.1 Å². The minimum absolute atomic E-state index is 0.0359. The molecule has 1 atom stereocenters. The predicted octanol–water partition coefficient (Wildman–Crippen LogP) is 3.09. The topological polar surface area (TPSA) is 97.6 Å². The van der Waals surface area contributed by atoms with Crippen molar-refractivity contribution in [1.29, 1.82) is 0 Å². The van der Waals surface area contributed by atoms with Crippen molar-refractivity contribution in [1.82, 2.24) is 9.88 Å². The van der Waals surface area contributed by atoms with Crippen molar-refractivity contribution in [3.8, 4) is 5.75 Å². The fourth-order valence-electron chi connectivity index (χ4n) is 3.71. The van der Waals surface area contributed by atoms with Crippen molar-refractivity contribution in [2.45, 2.75) is 51.3 Å². The van der Waals surface area contributed by atoms with E-state index in [1.165, 1.54) is 23.8 Å². The Bertz CT molecular complexity index is 1030. The van der Waals surface area contributed by atoms with Gasteiger partial charge in [0.15, 0.2) is 12.0 Å². The van der Waals surface area contributed by atoms with Crippen LogP contribution in [0.5, 0.6) is 5.75 Å². The normalized spacial score (nSPS) is 15.1. The number of aldehydes is 1. The average molecular weight is 434 g/mol. The first-order chi connectivity index (χ1) is 14.8. The van der Waals surface area contributed by atoms with Crippen LogP contribution in [-0.4, -0.2) is 34.6 Å². The van der Waals surface area contributed by atoms with Gasteiger partial charge >= 0.3 is 0 Å². The molecule has 0 aliphatic heterocycles. The molecule has 1 aromatic heterocycles. The number of amides is 1. The highest BCUT2D eigenvalue weighted by atomic mass is 19.1. The van der Waals surface area contributed by atoms with Gasteiger partial charge in [-0.15, -0.1) is 0 Å². The van der Waals surface area contributed by atoms with Crippen molar-refractivity contribution >= 4 is 12.2 Å². The second kappa shape index (κ2) is 9.82. The maximum absolute atomic E-state index is 14.0. The molecule has 1 heterocycles. The van der Waals surface area contributed by atoms with Crippen molar-refractivity contribution in [3.05, 3.63) is 63.1 Å². The van der Waals surface area contributed by atoms with E-state index in [-0.39, 0.29) is 30.5 Å². The Morgan fingerprint density at radius 3 is 2.71 bits per heavy atom. The maximum Gasteiger partial charge on any atom is 0.257 e. The number of aromatic nitrogens is 1. The van der Waals surface area contributed by atoms with Crippen LogP contribution in [0.15, 0.2) is 29.2 Å². The number of ether oxygens (including phenoxy) is 1. The van der Waals surface area contributed by atoms with E-state index in [1.807, 2.05) is 0 Å². The number of hydrogen-bond donors (Lipinski definition) is 2. The van der Waals surface area contributed by atoms with Gasteiger partial charge in [0, 0.05) is 24.4 Å². The maximum atomic E-state index is 14.0. The number of halogens is 2. The summed E-state index contributed by atoms with van der Waals surface area (Å²) in [6, 6.07) is 2.07. The lowest BCUT2D eigenvalue weighted by molar-refractivity contribution is 0.0524. The lowest BCUT2D eigenvalue weighted by atomic mass is 10.1. The fraction of sp³-hybridized carbons (Fsp3) is 0.409. The predicted molar refractivity (Wildman–Crippen MR) is 108 cm³/mol. The van der Waals surface area contributed by atoms with Crippen LogP contribution < -0.4 is 10.7 Å². The van der Waals surface area contributed by atoms with Crippen molar-refractivity contribution < 1.29 is 28.2 Å². The first-order valence-corrected chi connectivity index (χ1v) is 10.1. The van der Waals surface area contributed by atoms with E-state index in [0.717, 1.165) is 31.7 Å². The number of benzene rings is 1. The Kier molecular flexibility index (Phi) is 7.17. The summed E-state index contributed by atoms with van der Waals surface area (Å²) in [5.74, 6) is -3.30. The molecule has 9 heteroatoms. The molecule has 166 valence electrons. The molecule has 1 saturated carbocycles. The third kappa shape index (κ3) is 5.16. The lowest BCUT2D eigenvalue weighted by Crippen LogP contribution is -2.33. The number of nitrogens with one attached hydrogen (secondary N) is 1. The number of nitrogens with zero attached hydrogens (tertiary/aromatic N) is 1. The number of rotatable bonds is 8. The van der Waals surface area contributed by atoms with Crippen molar-refractivity contribution in [2.75, 3.05) is 6.61 Å². The molecule has 7 nitrogen and oxygen atoms in total. The van der Waals surface area contributed by atoms with E-state index in [4.69, 9.17) is 4.74 Å². The number of aromatic hydroxyl groups is 1. The highest BCUT2D eigenvalue weighted by molar-refractivity contribution is 5.95. The van der Waals surface area contributed by atoms with E-state index in [2.05, 4.69) is 5.32 Å². The smallest absolute Gasteiger partial charge is 0.257 e. The molecule has 31 heavy (non-hydrogen) atoms. The summed E-state index contributed by atoms with van der Waals surface area (Å²) in [5, 5.41) is 12.6. The minimum Gasteiger partial charge on any atom is -0.503 e. The second-order valence-electron chi connectivity index (χ2n) is 7.56. The van der Waals surface area contributed by atoms with E-state index in [0.29, 0.717) is 12.4 Å². The van der Waals surface area contributed by atoms with Crippen LogP contribution in [0.4, 0.5) is 8.78 Å². The minimum atomic E-state index is -1.01. The van der Waals surface area contributed by atoms with Crippen molar-refractivity contribution in [3.63, 3.8) is 0 Å². The zero-order valence-corrected chi connectivity index (χ0v) is 17.1. The summed E-state index contributed by atoms with van der Waals surface area (Å²) >= 11 is 0. The van der Waals surface area contributed by atoms with Gasteiger partial charge in [0.25, 0.3) is 5.91 Å². The van der Waals surface area contributed by atoms with Gasteiger partial charge in [-0.25, -0.2) is 8.78 Å². The molecule has 0 spiro atoms. The van der Waals surface area contributed by atoms with Gasteiger partial charge in [-0.3, -0.25) is 14.4 Å². The average Bonchev–Trinajstić information content (AvgIpc) is 3.24. The van der Waals surface area contributed by atoms with E-state index in [1.54, 1.807) is 0 Å². The Hall–Kier alpha value is -3.07. The number of hydrogen-bond acceptors (Lipinski definition) is 5. The van der Waals surface area contributed by atoms with Crippen LogP contribution in [0.25, 0.3) is 0 Å². The molecule has 1 aliphatic rings. The highest BCUT2D eigenvalue weighted by Gasteiger charge is 2.22. The zero-order valence-electron chi connectivity index (χ0n) is 17.1. The van der Waals surface area contributed by atoms with E-state index in [9.17, 15) is 28.3 Å². The Balaban J connectivity index is 1.80. The standard InChI is InChI=1S/C22H24F2N2O5/c1-13(16-7-6-14(23)10-18(16)24)25-22(30)17-11-26(19(12-27)21(29)20(17)28)8-9-31-15-4-2-3-5-15/h6-7,10-13,15,29H,2-5,8-9H2,1H3,(H,25,30)/t13-/m1/s1. The molecule has 1 aliphatic carbocycles. The van der Waals surface area contributed by atoms with Crippen LogP contribution in [0.2, 0.25) is 0 Å². The van der Waals surface area contributed by atoms with Crippen LogP contribution in [0.3, 0.4) is 0 Å². The molecule has 0 unspecified atom stereocenters. The summed E-state index contributed by atoms with van der Waals surface area (Å²) < 4.78 is 34.1. The van der Waals surface area contributed by atoms with Crippen LogP contribution >= 0.6 is 0 Å². The molecule has 1 aromatic carbocycles. The van der Waals surface area contributed by atoms with Gasteiger partial charge in [0.05, 0.1) is 18.8 Å². The quantitative estimate of drug-likeness (QED) is 0.623. The van der Waals surface area contributed by atoms with Gasteiger partial charge in [0.2, 0.25) is 5.43 Å². The fourth-order valence-corrected chi connectivity index (χ4v) is 3.71. The Morgan fingerprint density at radius 1 is 1.35 bits per heavy atom. The summed E-state index contributed by atoms with van der Waals surface area (Å²) in [4.78, 5) is 36.5. The molecule has 0 bridgehead atoms. The molecular weight excluding hydrogens is 410 g/mol. The van der Waals surface area contributed by atoms with Gasteiger partial charge in [-0.1, -0.05) is 18.9 Å². The van der Waals surface area contributed by atoms with Gasteiger partial charge in [-0.05, 0) is 25.8 Å². The van der Waals surface area contributed by atoms with Crippen LogP contribution in [0, 0.1) is 11.6 Å². The first kappa shape index (κ1) is 22.6. The molecule has 0 saturated heterocycles. The molecule has 1 fully saturated rings. The molecular formula is C22H24F2N2O5. The zero-order chi connectivity index (χ0) is 22.5. The molecule has 3 rings (SSSR count). The third-order valence-electron chi connectivity index (χ3n) is 5.42. The number of pyridine rings is 1. The van der Waals surface area contributed by atoms with Gasteiger partial charge < -0.3 is 19.7 Å². The van der Waals surface area contributed by atoms with E-state index < -0.39 is 40.3 Å². The van der Waals surface area contributed by atoms with Gasteiger partial charge in [0.1, 0.15) is 22.9 Å². The molecule has 2 N–H and O–H groups in total. The lowest BCUT2D eigenvalue weighted by Gasteiger charge is -2.18. The SMILES string of the molecule is C[C@@H](NC(=O)c1cn(CCOC2CCCC2)c(C=O)c(O)c1=O)c1ccc(F)cc1F. The molecule has 1 amide bonds. The van der Waals surface area contributed by atoms with Gasteiger partial charge in [-0.2, -0.15) is 0 Å². The summed E-state index contributed by atoms with van der Waals surface area (Å²) in [5.41, 5.74) is -1.64. The molecule has 2 aromatic rings. The van der Waals surface area contributed by atoms with Crippen LogP contribution in [-0.2, 0) is 11.3 Å². The summed E-state index contributed by atoms with van der Waals surface area (Å²) in [6.45, 7) is 1.87.